The van der Waals surface area contributed by atoms with Crippen LogP contribution in [0.4, 0.5) is 4.79 Å². The number of hydrogen-bond acceptors (Lipinski definition) is 3. The van der Waals surface area contributed by atoms with Crippen molar-refractivity contribution in [1.29, 1.82) is 0 Å². The molecule has 0 bridgehead atoms. The Morgan fingerprint density at radius 3 is 2.43 bits per heavy atom. The maximum absolute atomic E-state index is 12.0. The highest BCUT2D eigenvalue weighted by atomic mass is 16.6. The number of hydrogen-bond donors (Lipinski definition) is 2. The van der Waals surface area contributed by atoms with Crippen LogP contribution in [0.15, 0.2) is 30.3 Å². The Balaban J connectivity index is 1.79. The van der Waals surface area contributed by atoms with Crippen molar-refractivity contribution < 1.29 is 9.53 Å². The topological polar surface area (TPSA) is 50.4 Å². The van der Waals surface area contributed by atoms with Gasteiger partial charge in [-0.05, 0) is 51.5 Å². The van der Waals surface area contributed by atoms with E-state index in [-0.39, 0.29) is 11.6 Å². The van der Waals surface area contributed by atoms with E-state index in [2.05, 4.69) is 41.8 Å². The molecular weight excluding hydrogens is 288 g/mol. The van der Waals surface area contributed by atoms with E-state index in [1.807, 2.05) is 26.8 Å². The lowest BCUT2D eigenvalue weighted by Crippen LogP contribution is -2.60. The van der Waals surface area contributed by atoms with E-state index in [1.54, 1.807) is 0 Å². The number of carbonyl (C=O) groups is 1. The molecule has 1 saturated carbocycles. The number of carbonyl (C=O) groups excluding carboxylic acids is 1. The van der Waals surface area contributed by atoms with E-state index in [9.17, 15) is 4.79 Å². The average molecular weight is 318 g/mol. The zero-order chi connectivity index (χ0) is 16.9. The molecule has 1 amide bonds. The highest BCUT2D eigenvalue weighted by Crippen LogP contribution is 2.31. The van der Waals surface area contributed by atoms with Crippen LogP contribution in [0.25, 0.3) is 0 Å². The van der Waals surface area contributed by atoms with E-state index in [4.69, 9.17) is 4.74 Å². The maximum atomic E-state index is 12.0. The van der Waals surface area contributed by atoms with Gasteiger partial charge in [0, 0.05) is 13.1 Å². The van der Waals surface area contributed by atoms with E-state index in [0.29, 0.717) is 5.92 Å². The van der Waals surface area contributed by atoms with Crippen LogP contribution in [0.2, 0.25) is 0 Å². The molecule has 0 aromatic heterocycles. The van der Waals surface area contributed by atoms with Crippen molar-refractivity contribution in [2.75, 3.05) is 13.1 Å². The molecule has 1 aliphatic carbocycles. The van der Waals surface area contributed by atoms with Gasteiger partial charge in [0.15, 0.2) is 0 Å². The summed E-state index contributed by atoms with van der Waals surface area (Å²) in [5.41, 5.74) is 0.742. The third-order valence-corrected chi connectivity index (χ3v) is 4.36. The Labute approximate surface area is 140 Å². The number of benzene rings is 1. The van der Waals surface area contributed by atoms with E-state index < -0.39 is 5.60 Å². The molecule has 0 aliphatic heterocycles. The van der Waals surface area contributed by atoms with Gasteiger partial charge in [-0.25, -0.2) is 4.79 Å². The lowest BCUT2D eigenvalue weighted by atomic mass is 9.76. The zero-order valence-corrected chi connectivity index (χ0v) is 14.8. The third-order valence-electron chi connectivity index (χ3n) is 4.36. The summed E-state index contributed by atoms with van der Waals surface area (Å²) in [4.78, 5) is 12.0. The predicted octanol–water partition coefficient (Wildman–Crippen LogP) is 3.83. The molecule has 1 aromatic carbocycles. The van der Waals surface area contributed by atoms with E-state index in [1.165, 1.54) is 5.56 Å². The summed E-state index contributed by atoms with van der Waals surface area (Å²) in [6, 6.07) is 10.5. The average Bonchev–Trinajstić information content (AvgIpc) is 2.43. The van der Waals surface area contributed by atoms with Gasteiger partial charge >= 0.3 is 6.09 Å². The highest BCUT2D eigenvalue weighted by Gasteiger charge is 2.39. The van der Waals surface area contributed by atoms with Crippen LogP contribution in [0.1, 0.15) is 58.4 Å². The van der Waals surface area contributed by atoms with Gasteiger partial charge in [0.25, 0.3) is 0 Å². The molecule has 1 aliphatic rings. The van der Waals surface area contributed by atoms with Gasteiger partial charge in [-0.3, -0.25) is 0 Å². The Morgan fingerprint density at radius 2 is 1.91 bits per heavy atom. The highest BCUT2D eigenvalue weighted by molar-refractivity contribution is 5.69. The zero-order valence-electron chi connectivity index (χ0n) is 14.8. The maximum Gasteiger partial charge on any atom is 0.408 e. The second-order valence-electron chi connectivity index (χ2n) is 7.70. The molecule has 2 rings (SSSR count). The van der Waals surface area contributed by atoms with E-state index >= 15 is 0 Å². The summed E-state index contributed by atoms with van der Waals surface area (Å²) in [5, 5.41) is 6.60. The molecule has 23 heavy (non-hydrogen) atoms. The summed E-state index contributed by atoms with van der Waals surface area (Å²) < 4.78 is 5.39. The van der Waals surface area contributed by atoms with Crippen LogP contribution in [0, 0.1) is 0 Å². The molecule has 1 atom stereocenters. The Hall–Kier alpha value is -1.55. The predicted molar refractivity (Wildman–Crippen MR) is 93.7 cm³/mol. The van der Waals surface area contributed by atoms with Crippen molar-refractivity contribution in [3.05, 3.63) is 35.9 Å². The lowest BCUT2D eigenvalue weighted by molar-refractivity contribution is 0.0382. The van der Waals surface area contributed by atoms with Gasteiger partial charge in [0.2, 0.25) is 0 Å². The fourth-order valence-corrected chi connectivity index (χ4v) is 2.90. The van der Waals surface area contributed by atoms with Crippen molar-refractivity contribution in [2.45, 2.75) is 64.0 Å². The molecule has 4 heteroatoms. The van der Waals surface area contributed by atoms with Crippen LogP contribution >= 0.6 is 0 Å². The summed E-state index contributed by atoms with van der Waals surface area (Å²) in [5.74, 6) is 0.454. The standard InChI is InChI=1S/C19H30N2O2/c1-15(16-9-6-5-7-10-16)13-20-14-19(11-8-12-19)21-17(22)23-18(2,3)4/h5-7,9-10,15,20H,8,11-14H2,1-4H3,(H,21,22). The van der Waals surface area contributed by atoms with Gasteiger partial charge in [-0.1, -0.05) is 37.3 Å². The molecule has 0 saturated heterocycles. The lowest BCUT2D eigenvalue weighted by Gasteiger charge is -2.43. The minimum Gasteiger partial charge on any atom is -0.444 e. The quantitative estimate of drug-likeness (QED) is 0.838. The first-order valence-corrected chi connectivity index (χ1v) is 8.57. The number of rotatable bonds is 6. The minimum atomic E-state index is -0.454. The first-order chi connectivity index (χ1) is 10.8. The van der Waals surface area contributed by atoms with Gasteiger partial charge < -0.3 is 15.4 Å². The molecule has 1 fully saturated rings. The fraction of sp³-hybridized carbons (Fsp3) is 0.632. The Kier molecular flexibility index (Phi) is 5.69. The molecule has 1 aromatic rings. The molecule has 0 spiro atoms. The van der Waals surface area contributed by atoms with Crippen LogP contribution in [0.5, 0.6) is 0 Å². The second-order valence-corrected chi connectivity index (χ2v) is 7.70. The first-order valence-electron chi connectivity index (χ1n) is 8.57. The SMILES string of the molecule is CC(CNCC1(NC(=O)OC(C)(C)C)CCC1)c1ccccc1. The molecule has 4 nitrogen and oxygen atoms in total. The van der Waals surface area contributed by atoms with Gasteiger partial charge in [-0.15, -0.1) is 0 Å². The first kappa shape index (κ1) is 17.8. The van der Waals surface area contributed by atoms with Crippen molar-refractivity contribution in [1.82, 2.24) is 10.6 Å². The van der Waals surface area contributed by atoms with Gasteiger partial charge in [0.05, 0.1) is 5.54 Å². The number of amides is 1. The molecule has 128 valence electrons. The largest absolute Gasteiger partial charge is 0.444 e. The number of nitrogens with one attached hydrogen (secondary N) is 2. The Bertz CT molecular complexity index is 504. The number of ether oxygens (including phenoxy) is 1. The fourth-order valence-electron chi connectivity index (χ4n) is 2.90. The minimum absolute atomic E-state index is 0.140. The van der Waals surface area contributed by atoms with Crippen molar-refractivity contribution in [3.63, 3.8) is 0 Å². The normalized spacial score (nSPS) is 17.9. The third kappa shape index (κ3) is 5.54. The van der Waals surface area contributed by atoms with Crippen LogP contribution < -0.4 is 10.6 Å². The molecular formula is C19H30N2O2. The van der Waals surface area contributed by atoms with Gasteiger partial charge in [0.1, 0.15) is 5.60 Å². The van der Waals surface area contributed by atoms with Crippen molar-refractivity contribution in [3.8, 4) is 0 Å². The van der Waals surface area contributed by atoms with E-state index in [0.717, 1.165) is 32.4 Å². The molecule has 1 unspecified atom stereocenters. The second kappa shape index (κ2) is 7.35. The summed E-state index contributed by atoms with van der Waals surface area (Å²) in [7, 11) is 0. The van der Waals surface area contributed by atoms with Crippen molar-refractivity contribution in [2.24, 2.45) is 0 Å². The van der Waals surface area contributed by atoms with Crippen LogP contribution in [0.3, 0.4) is 0 Å². The van der Waals surface area contributed by atoms with Gasteiger partial charge in [-0.2, -0.15) is 0 Å². The smallest absolute Gasteiger partial charge is 0.408 e. The Morgan fingerprint density at radius 1 is 1.26 bits per heavy atom. The summed E-state index contributed by atoms with van der Waals surface area (Å²) in [6.45, 7) is 9.59. The summed E-state index contributed by atoms with van der Waals surface area (Å²) >= 11 is 0. The number of alkyl carbamates (subject to hydrolysis) is 1. The summed E-state index contributed by atoms with van der Waals surface area (Å²) in [6.07, 6.45) is 2.87. The van der Waals surface area contributed by atoms with Crippen molar-refractivity contribution >= 4 is 6.09 Å². The molecule has 2 N–H and O–H groups in total. The molecule has 0 heterocycles. The molecule has 0 radical (unpaired) electrons. The van der Waals surface area contributed by atoms with Crippen LogP contribution in [-0.4, -0.2) is 30.3 Å². The monoisotopic (exact) mass is 318 g/mol. The van der Waals surface area contributed by atoms with Crippen LogP contribution in [-0.2, 0) is 4.74 Å².